The van der Waals surface area contributed by atoms with Crippen molar-refractivity contribution in [2.24, 2.45) is 34.5 Å². The van der Waals surface area contributed by atoms with Gasteiger partial charge in [-0.05, 0) is 12.8 Å². The number of ketones is 2. The standard InChI is InChI=1S/C24H32O8/c1-9-11-19-13-14-20(12-10-2)16(24(31-7,32-8)17(25)21(14,19)27-3)15(19)23(29-5,30-6)18(26)22(13,20)28-4/h9-10,13-16H,1-2,11-12H2,3-8H3/t13?,14?,15-,16-,19-,20-,21-,22-/m0/s1. The predicted molar refractivity (Wildman–Crippen MR) is 111 cm³/mol. The van der Waals surface area contributed by atoms with E-state index in [1.807, 2.05) is 0 Å². The normalized spacial score (nSPS) is 50.1. The van der Waals surface area contributed by atoms with Crippen molar-refractivity contribution in [2.45, 2.75) is 35.6 Å². The van der Waals surface area contributed by atoms with E-state index in [1.165, 1.54) is 28.4 Å². The summed E-state index contributed by atoms with van der Waals surface area (Å²) in [7, 11) is 8.88. The van der Waals surface area contributed by atoms with Crippen molar-refractivity contribution in [3.05, 3.63) is 25.3 Å². The van der Waals surface area contributed by atoms with Gasteiger partial charge in [0.1, 0.15) is 11.2 Å². The first-order valence-corrected chi connectivity index (χ1v) is 10.9. The zero-order valence-corrected chi connectivity index (χ0v) is 19.6. The molecule has 9 aliphatic carbocycles. The molecule has 9 fully saturated rings. The number of carbonyl (C=O) groups is 2. The van der Waals surface area contributed by atoms with Gasteiger partial charge >= 0.3 is 0 Å². The molecule has 8 heteroatoms. The van der Waals surface area contributed by atoms with E-state index in [4.69, 9.17) is 28.4 Å². The van der Waals surface area contributed by atoms with Crippen molar-refractivity contribution < 1.29 is 38.0 Å². The Morgan fingerprint density at radius 2 is 0.938 bits per heavy atom. The maximum atomic E-state index is 14.3. The van der Waals surface area contributed by atoms with Crippen molar-refractivity contribution in [2.75, 3.05) is 42.7 Å². The Bertz CT molecular complexity index is 847. The molecule has 0 aromatic rings. The average molecular weight is 449 g/mol. The van der Waals surface area contributed by atoms with Crippen molar-refractivity contribution in [1.29, 1.82) is 0 Å². The summed E-state index contributed by atoms with van der Waals surface area (Å²) < 4.78 is 36.2. The number of methoxy groups -OCH3 is 6. The third-order valence-electron chi connectivity index (χ3n) is 10.1. The lowest BCUT2D eigenvalue weighted by Gasteiger charge is -2.98. The molecule has 0 N–H and O–H groups in total. The van der Waals surface area contributed by atoms with Crippen LogP contribution in [0.5, 0.6) is 0 Å². The van der Waals surface area contributed by atoms with Gasteiger partial charge < -0.3 is 28.4 Å². The summed E-state index contributed by atoms with van der Waals surface area (Å²) in [5, 5.41) is 0. The lowest BCUT2D eigenvalue weighted by atomic mass is 9.06. The number of hydrogen-bond donors (Lipinski definition) is 0. The maximum absolute atomic E-state index is 14.3. The number of carbonyl (C=O) groups excluding carboxylic acids is 2. The smallest absolute Gasteiger partial charge is 0.235 e. The number of fused-ring (bicyclic) bond motifs is 2. The molecule has 32 heavy (non-hydrogen) atoms. The summed E-state index contributed by atoms with van der Waals surface area (Å²) >= 11 is 0. The van der Waals surface area contributed by atoms with E-state index >= 15 is 0 Å². The molecule has 0 aromatic carbocycles. The summed E-state index contributed by atoms with van der Waals surface area (Å²) in [4.78, 5) is 28.5. The van der Waals surface area contributed by atoms with Gasteiger partial charge in [-0.3, -0.25) is 9.59 Å². The van der Waals surface area contributed by atoms with Crippen LogP contribution in [-0.4, -0.2) is 77.0 Å². The minimum Gasteiger partial charge on any atom is -0.369 e. The molecule has 8 bridgehead atoms. The van der Waals surface area contributed by atoms with E-state index in [-0.39, 0.29) is 23.4 Å². The van der Waals surface area contributed by atoms with E-state index in [9.17, 15) is 9.59 Å². The first-order valence-electron chi connectivity index (χ1n) is 10.9. The lowest BCUT2D eigenvalue weighted by Crippen LogP contribution is -3.11. The Morgan fingerprint density at radius 1 is 0.625 bits per heavy atom. The van der Waals surface area contributed by atoms with Gasteiger partial charge in [-0.15, -0.1) is 13.2 Å². The minimum atomic E-state index is -1.66. The molecule has 0 aromatic heterocycles. The minimum absolute atomic E-state index is 0.249. The first-order chi connectivity index (χ1) is 15.3. The molecular formula is C24H32O8. The van der Waals surface area contributed by atoms with Gasteiger partial charge in [-0.25, -0.2) is 0 Å². The fraction of sp³-hybridized carbons (Fsp3) is 0.750. The van der Waals surface area contributed by atoms with Crippen LogP contribution in [0.1, 0.15) is 12.8 Å². The Kier molecular flexibility index (Phi) is 4.31. The number of allylic oxidation sites excluding steroid dienone is 2. The van der Waals surface area contributed by atoms with E-state index in [1.54, 1.807) is 26.4 Å². The number of Topliss-reactive ketones (excluding diaryl/α,β-unsaturated/α-hetero) is 2. The average Bonchev–Trinajstić information content (AvgIpc) is 2.79. The number of ether oxygens (including phenoxy) is 6. The molecule has 0 heterocycles. The summed E-state index contributed by atoms with van der Waals surface area (Å²) in [5.74, 6) is -5.54. The highest BCUT2D eigenvalue weighted by molar-refractivity contribution is 6.09. The van der Waals surface area contributed by atoms with Gasteiger partial charge in [0, 0.05) is 77.2 Å². The van der Waals surface area contributed by atoms with Crippen LogP contribution < -0.4 is 0 Å². The topological polar surface area (TPSA) is 89.5 Å². The molecule has 0 radical (unpaired) electrons. The van der Waals surface area contributed by atoms with Gasteiger partial charge in [0.25, 0.3) is 0 Å². The molecule has 9 aliphatic rings. The number of hydrogen-bond acceptors (Lipinski definition) is 8. The van der Waals surface area contributed by atoms with Gasteiger partial charge in [0.15, 0.2) is 0 Å². The Morgan fingerprint density at radius 3 is 1.16 bits per heavy atom. The molecule has 0 spiro atoms. The fourth-order valence-electron chi connectivity index (χ4n) is 9.86. The second kappa shape index (κ2) is 6.17. The van der Waals surface area contributed by atoms with Crippen molar-refractivity contribution >= 4 is 11.6 Å². The molecule has 0 amide bonds. The highest BCUT2D eigenvalue weighted by Gasteiger charge is 3.10. The SMILES string of the molecule is C=CC[C@@]12C3C4[C@]1(OC)C(=O)C(OC)(OC)[C@H]1[C@@H]2C(OC)(OC)C(=O)[C@]3(OC)[C@@]41CC=C. The highest BCUT2D eigenvalue weighted by Crippen LogP contribution is 2.98. The van der Waals surface area contributed by atoms with Crippen LogP contribution in [0.4, 0.5) is 0 Å². The van der Waals surface area contributed by atoms with Crippen molar-refractivity contribution in [3.8, 4) is 0 Å². The van der Waals surface area contributed by atoms with Crippen LogP contribution in [0.25, 0.3) is 0 Å². The molecule has 2 unspecified atom stereocenters. The van der Waals surface area contributed by atoms with Gasteiger partial charge in [0.2, 0.25) is 23.1 Å². The molecular weight excluding hydrogens is 416 g/mol. The predicted octanol–water partition coefficient (Wildman–Crippen LogP) is 1.53. The van der Waals surface area contributed by atoms with E-state index < -0.39 is 45.4 Å². The zero-order chi connectivity index (χ0) is 23.5. The van der Waals surface area contributed by atoms with Crippen LogP contribution in [0.15, 0.2) is 25.3 Å². The largest absolute Gasteiger partial charge is 0.369 e. The molecule has 9 rings (SSSR count). The highest BCUT2D eigenvalue weighted by atomic mass is 16.7. The Balaban J connectivity index is 1.96. The van der Waals surface area contributed by atoms with Gasteiger partial charge in [-0.1, -0.05) is 12.2 Å². The summed E-state index contributed by atoms with van der Waals surface area (Å²) in [5.41, 5.74) is -4.19. The van der Waals surface area contributed by atoms with Crippen LogP contribution >= 0.6 is 0 Å². The molecule has 0 aliphatic heterocycles. The molecule has 0 saturated heterocycles. The first kappa shape index (κ1) is 22.4. The summed E-state index contributed by atoms with van der Waals surface area (Å²) in [6, 6.07) is 0. The molecule has 176 valence electrons. The zero-order valence-electron chi connectivity index (χ0n) is 19.6. The van der Waals surface area contributed by atoms with Crippen LogP contribution in [0.2, 0.25) is 0 Å². The third-order valence-corrected chi connectivity index (χ3v) is 10.1. The number of rotatable bonds is 10. The third kappa shape index (κ3) is 1.45. The van der Waals surface area contributed by atoms with Crippen molar-refractivity contribution in [1.82, 2.24) is 0 Å². The monoisotopic (exact) mass is 448 g/mol. The lowest BCUT2D eigenvalue weighted by molar-refractivity contribution is -0.564. The quantitative estimate of drug-likeness (QED) is 0.367. The van der Waals surface area contributed by atoms with E-state index in [0.29, 0.717) is 12.8 Å². The van der Waals surface area contributed by atoms with E-state index in [0.717, 1.165) is 0 Å². The van der Waals surface area contributed by atoms with Gasteiger partial charge in [-0.2, -0.15) is 0 Å². The second-order valence-electron chi connectivity index (χ2n) is 9.67. The van der Waals surface area contributed by atoms with E-state index in [2.05, 4.69) is 13.2 Å². The maximum Gasteiger partial charge on any atom is 0.235 e. The van der Waals surface area contributed by atoms with Crippen LogP contribution in [0.3, 0.4) is 0 Å². The van der Waals surface area contributed by atoms with Crippen LogP contribution in [-0.2, 0) is 38.0 Å². The summed E-state index contributed by atoms with van der Waals surface area (Å²) in [6.07, 6.45) is 4.41. The molecule has 8 atom stereocenters. The van der Waals surface area contributed by atoms with Crippen LogP contribution in [0, 0.1) is 34.5 Å². The van der Waals surface area contributed by atoms with Crippen molar-refractivity contribution in [3.63, 3.8) is 0 Å². The molecule has 8 nitrogen and oxygen atoms in total. The fourth-order valence-corrected chi connectivity index (χ4v) is 9.86. The summed E-state index contributed by atoms with van der Waals surface area (Å²) in [6.45, 7) is 7.96. The van der Waals surface area contributed by atoms with Gasteiger partial charge in [0.05, 0.1) is 0 Å². The Labute approximate surface area is 188 Å². The second-order valence-corrected chi connectivity index (χ2v) is 9.67. The molecule has 9 saturated carbocycles. The Hall–Kier alpha value is -1.42.